The average molecular weight is 256 g/mol. The number of halogens is 2. The minimum Gasteiger partial charge on any atom is -0.497 e. The number of carbonyl (C=O) groups excluding carboxylic acids is 1. The summed E-state index contributed by atoms with van der Waals surface area (Å²) in [6.07, 6.45) is 0. The number of hydrogen-bond donors (Lipinski definition) is 1. The number of nitrogens with zero attached hydrogens (tertiary/aromatic N) is 1. The summed E-state index contributed by atoms with van der Waals surface area (Å²) in [6, 6.07) is 5.59. The van der Waals surface area contributed by atoms with Crippen LogP contribution in [0.1, 0.15) is 10.4 Å². The predicted octanol–water partition coefficient (Wildman–Crippen LogP) is 1.55. The molecule has 96 valence electrons. The fraction of sp³-hybridized carbons (Fsp3) is 0.273. The van der Waals surface area contributed by atoms with Crippen molar-refractivity contribution in [2.45, 2.75) is 6.61 Å². The van der Waals surface area contributed by atoms with Gasteiger partial charge in [0.25, 0.3) is 5.91 Å². The molecule has 0 radical (unpaired) electrons. The van der Waals surface area contributed by atoms with Crippen LogP contribution >= 0.6 is 0 Å². The molecular weight excluding hydrogens is 246 g/mol. The molecule has 0 saturated heterocycles. The maximum Gasteiger partial charge on any atom is 0.387 e. The highest BCUT2D eigenvalue weighted by Crippen LogP contribution is 2.26. The van der Waals surface area contributed by atoms with Crippen molar-refractivity contribution in [3.05, 3.63) is 23.8 Å². The lowest BCUT2D eigenvalue weighted by Gasteiger charge is -2.11. The minimum absolute atomic E-state index is 0.0913. The lowest BCUT2D eigenvalue weighted by atomic mass is 10.1. The topological polar surface area (TPSA) is 71.3 Å². The number of nitrogens with one attached hydrogen (secondary N) is 1. The molecule has 1 rings (SSSR count). The van der Waals surface area contributed by atoms with Crippen molar-refractivity contribution < 1.29 is 23.0 Å². The molecule has 0 saturated carbocycles. The van der Waals surface area contributed by atoms with Gasteiger partial charge in [-0.15, -0.1) is 0 Å². The van der Waals surface area contributed by atoms with E-state index >= 15 is 0 Å². The van der Waals surface area contributed by atoms with Crippen LogP contribution in [-0.2, 0) is 0 Å². The molecule has 0 aliphatic heterocycles. The van der Waals surface area contributed by atoms with Gasteiger partial charge >= 0.3 is 6.61 Å². The third kappa shape index (κ3) is 3.59. The second kappa shape index (κ2) is 6.39. The molecule has 1 N–H and O–H groups in total. The minimum atomic E-state index is -3.06. The van der Waals surface area contributed by atoms with Crippen LogP contribution in [0.5, 0.6) is 11.5 Å². The fourth-order valence-electron chi connectivity index (χ4n) is 1.23. The first-order valence-corrected chi connectivity index (χ1v) is 4.86. The van der Waals surface area contributed by atoms with Crippen molar-refractivity contribution in [2.24, 2.45) is 0 Å². The quantitative estimate of drug-likeness (QED) is 0.811. The summed E-state index contributed by atoms with van der Waals surface area (Å²) in [7, 11) is 1.36. The Morgan fingerprint density at radius 1 is 1.56 bits per heavy atom. The predicted molar refractivity (Wildman–Crippen MR) is 57.6 cm³/mol. The SMILES string of the molecule is COc1ccc(C(=O)NCC#N)c(OC(F)F)c1. The van der Waals surface area contributed by atoms with Crippen LogP contribution in [0.3, 0.4) is 0 Å². The van der Waals surface area contributed by atoms with Gasteiger partial charge in [-0.2, -0.15) is 14.0 Å². The van der Waals surface area contributed by atoms with E-state index < -0.39 is 12.5 Å². The molecule has 0 aliphatic rings. The second-order valence-corrected chi connectivity index (χ2v) is 3.08. The number of nitriles is 1. The number of rotatable bonds is 5. The maximum absolute atomic E-state index is 12.2. The van der Waals surface area contributed by atoms with Gasteiger partial charge in [-0.05, 0) is 12.1 Å². The van der Waals surface area contributed by atoms with E-state index in [0.717, 1.165) is 0 Å². The normalized spacial score (nSPS) is 9.72. The summed E-state index contributed by atoms with van der Waals surface area (Å²) in [5.74, 6) is -0.697. The van der Waals surface area contributed by atoms with E-state index in [4.69, 9.17) is 10.00 Å². The van der Waals surface area contributed by atoms with E-state index in [-0.39, 0.29) is 23.6 Å². The third-order valence-corrected chi connectivity index (χ3v) is 1.98. The van der Waals surface area contributed by atoms with Crippen molar-refractivity contribution in [1.29, 1.82) is 5.26 Å². The van der Waals surface area contributed by atoms with Gasteiger partial charge in [-0.25, -0.2) is 0 Å². The smallest absolute Gasteiger partial charge is 0.387 e. The Hall–Kier alpha value is -2.36. The number of ether oxygens (including phenoxy) is 2. The van der Waals surface area contributed by atoms with Crippen LogP contribution in [0, 0.1) is 11.3 Å². The Kier molecular flexibility index (Phi) is 4.87. The van der Waals surface area contributed by atoms with Crippen molar-refractivity contribution in [1.82, 2.24) is 5.32 Å². The van der Waals surface area contributed by atoms with Gasteiger partial charge in [-0.1, -0.05) is 0 Å². The molecule has 0 bridgehead atoms. The number of alkyl halides is 2. The average Bonchev–Trinajstić information content (AvgIpc) is 2.35. The van der Waals surface area contributed by atoms with E-state index in [9.17, 15) is 13.6 Å². The van der Waals surface area contributed by atoms with Crippen LogP contribution in [-0.4, -0.2) is 26.2 Å². The maximum atomic E-state index is 12.2. The molecule has 18 heavy (non-hydrogen) atoms. The summed E-state index contributed by atoms with van der Waals surface area (Å²) in [6.45, 7) is -3.28. The number of carbonyl (C=O) groups is 1. The van der Waals surface area contributed by atoms with Crippen LogP contribution in [0.25, 0.3) is 0 Å². The van der Waals surface area contributed by atoms with Crippen LogP contribution in [0.15, 0.2) is 18.2 Å². The lowest BCUT2D eigenvalue weighted by molar-refractivity contribution is -0.0502. The Balaban J connectivity index is 3.02. The first-order chi connectivity index (χ1) is 8.58. The number of hydrogen-bond acceptors (Lipinski definition) is 4. The molecule has 7 heteroatoms. The molecule has 5 nitrogen and oxygen atoms in total. The van der Waals surface area contributed by atoms with Gasteiger partial charge in [-0.3, -0.25) is 4.79 Å². The van der Waals surface area contributed by atoms with Crippen LogP contribution in [0.4, 0.5) is 8.78 Å². The third-order valence-electron chi connectivity index (χ3n) is 1.98. The molecule has 0 aliphatic carbocycles. The van der Waals surface area contributed by atoms with Crippen molar-refractivity contribution >= 4 is 5.91 Å². The Labute approximate surface area is 102 Å². The van der Waals surface area contributed by atoms with Gasteiger partial charge in [0, 0.05) is 6.07 Å². The number of methoxy groups -OCH3 is 1. The van der Waals surface area contributed by atoms with E-state index in [0.29, 0.717) is 0 Å². The van der Waals surface area contributed by atoms with Crippen molar-refractivity contribution in [3.8, 4) is 17.6 Å². The van der Waals surface area contributed by atoms with E-state index in [2.05, 4.69) is 10.1 Å². The Morgan fingerprint density at radius 3 is 2.83 bits per heavy atom. The largest absolute Gasteiger partial charge is 0.497 e. The highest BCUT2D eigenvalue weighted by Gasteiger charge is 2.16. The number of amides is 1. The summed E-state index contributed by atoms with van der Waals surface area (Å²) in [5.41, 5.74) is -0.0913. The zero-order valence-corrected chi connectivity index (χ0v) is 9.44. The first-order valence-electron chi connectivity index (χ1n) is 4.86. The van der Waals surface area contributed by atoms with Crippen molar-refractivity contribution in [3.63, 3.8) is 0 Å². The van der Waals surface area contributed by atoms with Gasteiger partial charge < -0.3 is 14.8 Å². The molecule has 0 aromatic heterocycles. The monoisotopic (exact) mass is 256 g/mol. The Bertz CT molecular complexity index is 472. The zero-order chi connectivity index (χ0) is 13.5. The molecule has 0 fully saturated rings. The molecule has 0 unspecified atom stereocenters. The molecule has 1 amide bonds. The fourth-order valence-corrected chi connectivity index (χ4v) is 1.23. The van der Waals surface area contributed by atoms with Crippen LogP contribution < -0.4 is 14.8 Å². The summed E-state index contributed by atoms with van der Waals surface area (Å²) < 4.78 is 33.5. The van der Waals surface area contributed by atoms with Gasteiger partial charge in [0.15, 0.2) is 0 Å². The molecule has 0 spiro atoms. The first kappa shape index (κ1) is 13.7. The lowest BCUT2D eigenvalue weighted by Crippen LogP contribution is -2.24. The molecule has 0 heterocycles. The molecule has 1 aromatic carbocycles. The van der Waals surface area contributed by atoms with E-state index in [1.807, 2.05) is 0 Å². The van der Waals surface area contributed by atoms with E-state index in [1.165, 1.54) is 25.3 Å². The van der Waals surface area contributed by atoms with Gasteiger partial charge in [0.2, 0.25) is 0 Å². The summed E-state index contributed by atoms with van der Waals surface area (Å²) in [4.78, 5) is 11.6. The zero-order valence-electron chi connectivity index (χ0n) is 9.44. The molecule has 1 aromatic rings. The van der Waals surface area contributed by atoms with Gasteiger partial charge in [0.1, 0.15) is 18.0 Å². The molecular formula is C11H10F2N2O3. The highest BCUT2D eigenvalue weighted by molar-refractivity contribution is 5.97. The number of benzene rings is 1. The molecule has 0 atom stereocenters. The van der Waals surface area contributed by atoms with E-state index in [1.54, 1.807) is 6.07 Å². The Morgan fingerprint density at radius 2 is 2.28 bits per heavy atom. The standard InChI is InChI=1S/C11H10F2N2O3/c1-17-7-2-3-8(10(16)15-5-4-14)9(6-7)18-11(12)13/h2-3,6,11H,5H2,1H3,(H,15,16). The summed E-state index contributed by atoms with van der Waals surface area (Å²) in [5, 5.41) is 10.6. The van der Waals surface area contributed by atoms with Crippen molar-refractivity contribution in [2.75, 3.05) is 13.7 Å². The second-order valence-electron chi connectivity index (χ2n) is 3.08. The highest BCUT2D eigenvalue weighted by atomic mass is 19.3. The summed E-state index contributed by atoms with van der Waals surface area (Å²) >= 11 is 0. The van der Waals surface area contributed by atoms with Crippen LogP contribution in [0.2, 0.25) is 0 Å². The van der Waals surface area contributed by atoms with Gasteiger partial charge in [0.05, 0.1) is 18.7 Å².